The van der Waals surface area contributed by atoms with E-state index in [4.69, 9.17) is 15.0 Å². The Bertz CT molecular complexity index is 1070. The number of hydrogen-bond donors (Lipinski definition) is 0. The van der Waals surface area contributed by atoms with E-state index < -0.39 is 0 Å². The normalized spacial score (nSPS) is 10.6. The van der Waals surface area contributed by atoms with E-state index in [0.29, 0.717) is 5.56 Å². The minimum absolute atomic E-state index is 0.632. The lowest BCUT2D eigenvalue weighted by Gasteiger charge is -2.10. The van der Waals surface area contributed by atoms with E-state index in [1.165, 1.54) is 0 Å². The van der Waals surface area contributed by atoms with Crippen LogP contribution in [0.5, 0.6) is 5.75 Å². The van der Waals surface area contributed by atoms with Gasteiger partial charge < -0.3 is 4.74 Å². The molecule has 3 aromatic carbocycles. The molecule has 0 fully saturated rings. The van der Waals surface area contributed by atoms with Gasteiger partial charge in [0, 0.05) is 17.3 Å². The van der Waals surface area contributed by atoms with E-state index in [0.717, 1.165) is 33.9 Å². The topological polar surface area (TPSA) is 50.8 Å². The Balaban J connectivity index is 2.01. The van der Waals surface area contributed by atoms with Crippen LogP contribution in [0.4, 0.5) is 0 Å². The molecule has 0 aliphatic carbocycles. The zero-order valence-corrected chi connectivity index (χ0v) is 13.7. The summed E-state index contributed by atoms with van der Waals surface area (Å²) in [7, 11) is 1.66. The third-order valence-electron chi connectivity index (χ3n) is 4.15. The van der Waals surface area contributed by atoms with Gasteiger partial charge in [-0.1, -0.05) is 18.2 Å². The van der Waals surface area contributed by atoms with Crippen molar-refractivity contribution in [1.29, 1.82) is 5.26 Å². The van der Waals surface area contributed by atoms with Gasteiger partial charge in [0.05, 0.1) is 29.8 Å². The smallest absolute Gasteiger partial charge is 0.145 e. The van der Waals surface area contributed by atoms with Gasteiger partial charge in [0.25, 0.3) is 0 Å². The van der Waals surface area contributed by atoms with E-state index in [9.17, 15) is 0 Å². The Hall–Kier alpha value is -3.58. The van der Waals surface area contributed by atoms with Crippen LogP contribution in [-0.4, -0.2) is 16.7 Å². The summed E-state index contributed by atoms with van der Waals surface area (Å²) in [6, 6.07) is 25.6. The van der Waals surface area contributed by atoms with Crippen molar-refractivity contribution < 1.29 is 4.74 Å². The maximum Gasteiger partial charge on any atom is 0.145 e. The number of nitrogens with zero attached hydrogens (tertiary/aromatic N) is 3. The first kappa shape index (κ1) is 15.0. The highest BCUT2D eigenvalue weighted by Gasteiger charge is 2.15. The van der Waals surface area contributed by atoms with Gasteiger partial charge in [-0.2, -0.15) is 5.26 Å². The third-order valence-corrected chi connectivity index (χ3v) is 4.15. The van der Waals surface area contributed by atoms with Crippen LogP contribution < -0.4 is 4.74 Å². The van der Waals surface area contributed by atoms with Crippen molar-refractivity contribution in [2.24, 2.45) is 0 Å². The summed E-state index contributed by atoms with van der Waals surface area (Å²) >= 11 is 0. The first-order valence-corrected chi connectivity index (χ1v) is 7.92. The third kappa shape index (κ3) is 2.62. The molecule has 1 aromatic heterocycles. The average Bonchev–Trinajstić information content (AvgIpc) is 3.07. The highest BCUT2D eigenvalue weighted by atomic mass is 16.5. The van der Waals surface area contributed by atoms with Gasteiger partial charge in [0.15, 0.2) is 0 Å². The molecule has 1 heterocycles. The molecule has 4 rings (SSSR count). The van der Waals surface area contributed by atoms with Crippen LogP contribution in [0.2, 0.25) is 0 Å². The Kier molecular flexibility index (Phi) is 3.68. The lowest BCUT2D eigenvalue weighted by molar-refractivity contribution is 0.415. The van der Waals surface area contributed by atoms with Gasteiger partial charge >= 0.3 is 0 Å². The van der Waals surface area contributed by atoms with Crippen LogP contribution in [-0.2, 0) is 0 Å². The summed E-state index contributed by atoms with van der Waals surface area (Å²) in [4.78, 5) is 4.81. The van der Waals surface area contributed by atoms with Gasteiger partial charge in [-0.25, -0.2) is 4.98 Å². The quantitative estimate of drug-likeness (QED) is 0.554. The van der Waals surface area contributed by atoms with Crippen molar-refractivity contribution >= 4 is 11.0 Å². The molecule has 0 aliphatic rings. The number of hydrogen-bond acceptors (Lipinski definition) is 3. The van der Waals surface area contributed by atoms with Crippen molar-refractivity contribution in [3.05, 3.63) is 78.4 Å². The van der Waals surface area contributed by atoms with Crippen LogP contribution in [0.1, 0.15) is 5.56 Å². The molecule has 120 valence electrons. The lowest BCUT2D eigenvalue weighted by Crippen LogP contribution is -1.97. The van der Waals surface area contributed by atoms with Crippen LogP contribution >= 0.6 is 0 Å². The highest BCUT2D eigenvalue weighted by Crippen LogP contribution is 2.30. The number of imidazole rings is 1. The lowest BCUT2D eigenvalue weighted by atomic mass is 10.1. The molecule has 0 saturated heterocycles. The summed E-state index contributed by atoms with van der Waals surface area (Å²) in [6.07, 6.45) is 0. The largest absolute Gasteiger partial charge is 0.497 e. The van der Waals surface area contributed by atoms with Crippen molar-refractivity contribution in [3.8, 4) is 28.9 Å². The van der Waals surface area contributed by atoms with Gasteiger partial charge in [-0.05, 0) is 48.5 Å². The van der Waals surface area contributed by atoms with Gasteiger partial charge in [0.1, 0.15) is 11.6 Å². The fraction of sp³-hybridized carbons (Fsp3) is 0.0476. The number of nitriles is 1. The monoisotopic (exact) mass is 325 g/mol. The van der Waals surface area contributed by atoms with Crippen molar-refractivity contribution in [2.75, 3.05) is 7.11 Å². The van der Waals surface area contributed by atoms with Crippen molar-refractivity contribution in [1.82, 2.24) is 9.55 Å². The van der Waals surface area contributed by atoms with Crippen LogP contribution in [0.3, 0.4) is 0 Å². The van der Waals surface area contributed by atoms with E-state index >= 15 is 0 Å². The maximum atomic E-state index is 9.02. The maximum absolute atomic E-state index is 9.02. The molecule has 0 amide bonds. The minimum atomic E-state index is 0.632. The highest BCUT2D eigenvalue weighted by molar-refractivity contribution is 5.84. The second-order valence-electron chi connectivity index (χ2n) is 5.65. The minimum Gasteiger partial charge on any atom is -0.497 e. The summed E-state index contributed by atoms with van der Waals surface area (Å²) in [5.74, 6) is 1.62. The molecule has 0 aliphatic heterocycles. The summed E-state index contributed by atoms with van der Waals surface area (Å²) in [5.41, 5.74) is 4.48. The molecule has 0 saturated carbocycles. The second kappa shape index (κ2) is 6.14. The Morgan fingerprint density at radius 3 is 2.40 bits per heavy atom. The fourth-order valence-corrected chi connectivity index (χ4v) is 2.91. The molecule has 0 spiro atoms. The molecule has 4 heteroatoms. The number of ether oxygens (including phenoxy) is 1. The Morgan fingerprint density at radius 1 is 0.960 bits per heavy atom. The summed E-state index contributed by atoms with van der Waals surface area (Å²) in [6.45, 7) is 0. The Morgan fingerprint density at radius 2 is 1.72 bits per heavy atom. The van der Waals surface area contributed by atoms with E-state index in [1.807, 2.05) is 72.8 Å². The first-order chi connectivity index (χ1) is 12.3. The van der Waals surface area contributed by atoms with Crippen molar-refractivity contribution in [3.63, 3.8) is 0 Å². The molecule has 4 aromatic rings. The standard InChI is InChI=1S/C21H15N3O/c1-25-18-11-12-19-20(13-18)24(17-5-3-2-4-6-17)21(23-19)16-9-7-15(14-22)8-10-16/h2-13H,1H3. The van der Waals surface area contributed by atoms with Gasteiger partial charge in [0.2, 0.25) is 0 Å². The number of benzene rings is 3. The van der Waals surface area contributed by atoms with E-state index in [1.54, 1.807) is 7.11 Å². The number of fused-ring (bicyclic) bond motifs is 1. The molecule has 25 heavy (non-hydrogen) atoms. The number of rotatable bonds is 3. The van der Waals surface area contributed by atoms with Crippen LogP contribution in [0, 0.1) is 11.3 Å². The van der Waals surface area contributed by atoms with Gasteiger partial charge in [-0.15, -0.1) is 0 Å². The van der Waals surface area contributed by atoms with E-state index in [-0.39, 0.29) is 0 Å². The molecular formula is C21H15N3O. The van der Waals surface area contributed by atoms with E-state index in [2.05, 4.69) is 10.6 Å². The Labute approximate surface area is 145 Å². The summed E-state index contributed by atoms with van der Waals surface area (Å²) < 4.78 is 7.49. The SMILES string of the molecule is COc1ccc2nc(-c3ccc(C#N)cc3)n(-c3ccccc3)c2c1. The predicted octanol–water partition coefficient (Wildman–Crippen LogP) is 4.57. The zero-order valence-electron chi connectivity index (χ0n) is 13.7. The molecule has 0 N–H and O–H groups in total. The van der Waals surface area contributed by atoms with Gasteiger partial charge in [-0.3, -0.25) is 4.57 Å². The van der Waals surface area contributed by atoms with Crippen LogP contribution in [0.15, 0.2) is 72.8 Å². The zero-order chi connectivity index (χ0) is 17.2. The molecule has 4 nitrogen and oxygen atoms in total. The molecule has 0 bridgehead atoms. The molecule has 0 radical (unpaired) electrons. The second-order valence-corrected chi connectivity index (χ2v) is 5.65. The number of aromatic nitrogens is 2. The molecule has 0 atom stereocenters. The number of para-hydroxylation sites is 1. The first-order valence-electron chi connectivity index (χ1n) is 7.92. The van der Waals surface area contributed by atoms with Crippen molar-refractivity contribution in [2.45, 2.75) is 0 Å². The predicted molar refractivity (Wildman–Crippen MR) is 97.8 cm³/mol. The van der Waals surface area contributed by atoms with Crippen LogP contribution in [0.25, 0.3) is 28.1 Å². The average molecular weight is 325 g/mol. The number of methoxy groups -OCH3 is 1. The molecule has 0 unspecified atom stereocenters. The molecular weight excluding hydrogens is 310 g/mol. The fourth-order valence-electron chi connectivity index (χ4n) is 2.91. The summed E-state index contributed by atoms with van der Waals surface area (Å²) in [5, 5.41) is 9.02.